The van der Waals surface area contributed by atoms with E-state index < -0.39 is 0 Å². The number of rotatable bonds is 5. The van der Waals surface area contributed by atoms with Gasteiger partial charge in [0.15, 0.2) is 0 Å². The average Bonchev–Trinajstić information content (AvgIpc) is 2.20. The van der Waals surface area contributed by atoms with Crippen LogP contribution in [0.4, 0.5) is 0 Å². The lowest BCUT2D eigenvalue weighted by molar-refractivity contribution is 0.258. The zero-order chi connectivity index (χ0) is 12.1. The number of ether oxygens (including phenoxy) is 1. The molecule has 1 aromatic carbocycles. The Morgan fingerprint density at radius 3 is 2.62 bits per heavy atom. The van der Waals surface area contributed by atoms with Crippen molar-refractivity contribution in [2.75, 3.05) is 27.2 Å². The van der Waals surface area contributed by atoms with Crippen molar-refractivity contribution >= 4 is 15.9 Å². The van der Waals surface area contributed by atoms with Gasteiger partial charge in [-0.2, -0.15) is 0 Å². The number of nitrogens with two attached hydrogens (primary N) is 1. The highest BCUT2D eigenvalue weighted by Crippen LogP contribution is 2.27. The van der Waals surface area contributed by atoms with Crippen molar-refractivity contribution in [2.45, 2.75) is 13.5 Å². The lowest BCUT2D eigenvalue weighted by Crippen LogP contribution is -2.20. The Kier molecular flexibility index (Phi) is 5.25. The van der Waals surface area contributed by atoms with Gasteiger partial charge in [0.25, 0.3) is 0 Å². The van der Waals surface area contributed by atoms with Crippen molar-refractivity contribution in [3.8, 4) is 5.75 Å². The van der Waals surface area contributed by atoms with Crippen molar-refractivity contribution in [3.05, 3.63) is 27.7 Å². The molecule has 0 radical (unpaired) electrons. The molecule has 0 unspecified atom stereocenters. The lowest BCUT2D eigenvalue weighted by Gasteiger charge is -2.16. The summed E-state index contributed by atoms with van der Waals surface area (Å²) in [6.07, 6.45) is 0. The van der Waals surface area contributed by atoms with Crippen LogP contribution in [0.3, 0.4) is 0 Å². The Morgan fingerprint density at radius 2 is 2.06 bits per heavy atom. The Balaban J connectivity index is 2.77. The first kappa shape index (κ1) is 13.5. The van der Waals surface area contributed by atoms with E-state index in [1.54, 1.807) is 0 Å². The van der Waals surface area contributed by atoms with Crippen LogP contribution >= 0.6 is 15.9 Å². The Labute approximate surface area is 106 Å². The minimum atomic E-state index is 0.498. The molecule has 0 spiro atoms. The van der Waals surface area contributed by atoms with E-state index in [9.17, 15) is 0 Å². The third kappa shape index (κ3) is 3.77. The van der Waals surface area contributed by atoms with Gasteiger partial charge < -0.3 is 15.4 Å². The molecule has 1 aromatic rings. The van der Waals surface area contributed by atoms with Crippen LogP contribution in [0.2, 0.25) is 0 Å². The van der Waals surface area contributed by atoms with Crippen molar-refractivity contribution in [1.29, 1.82) is 0 Å². The van der Waals surface area contributed by atoms with Crippen molar-refractivity contribution < 1.29 is 4.74 Å². The summed E-state index contributed by atoms with van der Waals surface area (Å²) in [6.45, 7) is 4.12. The normalized spacial score (nSPS) is 10.9. The number of hydrogen-bond acceptors (Lipinski definition) is 3. The summed E-state index contributed by atoms with van der Waals surface area (Å²) < 4.78 is 6.83. The Bertz CT molecular complexity index is 353. The molecule has 0 aliphatic heterocycles. The number of halogens is 1. The highest BCUT2D eigenvalue weighted by atomic mass is 79.9. The van der Waals surface area contributed by atoms with Gasteiger partial charge >= 0.3 is 0 Å². The predicted octanol–water partition coefficient (Wildman–Crippen LogP) is 2.16. The molecule has 16 heavy (non-hydrogen) atoms. The third-order valence-electron chi connectivity index (χ3n) is 2.32. The van der Waals surface area contributed by atoms with Crippen LogP contribution in [0.25, 0.3) is 0 Å². The van der Waals surface area contributed by atoms with E-state index in [0.29, 0.717) is 13.2 Å². The summed E-state index contributed by atoms with van der Waals surface area (Å²) in [7, 11) is 4.06. The van der Waals surface area contributed by atoms with E-state index in [0.717, 1.165) is 27.9 Å². The van der Waals surface area contributed by atoms with Gasteiger partial charge in [-0.05, 0) is 38.7 Å². The minimum Gasteiger partial charge on any atom is -0.492 e. The van der Waals surface area contributed by atoms with Crippen molar-refractivity contribution in [2.24, 2.45) is 5.73 Å². The number of nitrogens with zero attached hydrogens (tertiary/aromatic N) is 1. The Morgan fingerprint density at radius 1 is 1.38 bits per heavy atom. The number of benzene rings is 1. The van der Waals surface area contributed by atoms with Crippen LogP contribution in [0.5, 0.6) is 5.75 Å². The fourth-order valence-corrected chi connectivity index (χ4v) is 2.11. The molecule has 4 heteroatoms. The fraction of sp³-hybridized carbons (Fsp3) is 0.500. The molecule has 0 aliphatic rings. The molecule has 2 N–H and O–H groups in total. The molecule has 0 heterocycles. The smallest absolute Gasteiger partial charge is 0.126 e. The van der Waals surface area contributed by atoms with Crippen LogP contribution in [0, 0.1) is 6.92 Å². The first-order chi connectivity index (χ1) is 7.54. The highest BCUT2D eigenvalue weighted by Gasteiger charge is 2.07. The van der Waals surface area contributed by atoms with E-state index in [2.05, 4.69) is 20.8 Å². The van der Waals surface area contributed by atoms with Crippen LogP contribution in [-0.2, 0) is 6.54 Å². The van der Waals surface area contributed by atoms with E-state index in [1.165, 1.54) is 0 Å². The average molecular weight is 287 g/mol. The second kappa shape index (κ2) is 6.23. The molecule has 0 atom stereocenters. The summed E-state index contributed by atoms with van der Waals surface area (Å²) in [4.78, 5) is 2.09. The monoisotopic (exact) mass is 286 g/mol. The van der Waals surface area contributed by atoms with Gasteiger partial charge in [-0.25, -0.2) is 0 Å². The standard InChI is InChI=1S/C12H19BrN2O/c1-9-6-11(13)7-10(8-14)12(9)16-5-4-15(2)3/h6-7H,4-5,8,14H2,1-3H3. The minimum absolute atomic E-state index is 0.498. The molecule has 0 fully saturated rings. The van der Waals surface area contributed by atoms with Crippen LogP contribution in [0.1, 0.15) is 11.1 Å². The first-order valence-corrected chi connectivity index (χ1v) is 6.10. The van der Waals surface area contributed by atoms with Gasteiger partial charge in [0.2, 0.25) is 0 Å². The zero-order valence-electron chi connectivity index (χ0n) is 10.1. The molecule has 1 rings (SSSR count). The Hall–Kier alpha value is -0.580. The number of hydrogen-bond donors (Lipinski definition) is 1. The summed E-state index contributed by atoms with van der Waals surface area (Å²) in [5.41, 5.74) is 7.87. The summed E-state index contributed by atoms with van der Waals surface area (Å²) >= 11 is 3.46. The molecule has 0 amide bonds. The molecule has 0 aliphatic carbocycles. The molecule has 3 nitrogen and oxygen atoms in total. The maximum absolute atomic E-state index is 5.78. The second-order valence-electron chi connectivity index (χ2n) is 4.07. The quantitative estimate of drug-likeness (QED) is 0.902. The van der Waals surface area contributed by atoms with E-state index in [1.807, 2.05) is 33.2 Å². The maximum atomic E-state index is 5.78. The zero-order valence-corrected chi connectivity index (χ0v) is 11.7. The highest BCUT2D eigenvalue weighted by molar-refractivity contribution is 9.10. The molecular formula is C12H19BrN2O. The van der Waals surface area contributed by atoms with E-state index in [-0.39, 0.29) is 0 Å². The van der Waals surface area contributed by atoms with Gasteiger partial charge in [0.1, 0.15) is 12.4 Å². The van der Waals surface area contributed by atoms with Crippen LogP contribution < -0.4 is 10.5 Å². The first-order valence-electron chi connectivity index (χ1n) is 5.31. The maximum Gasteiger partial charge on any atom is 0.126 e. The van der Waals surface area contributed by atoms with E-state index >= 15 is 0 Å². The summed E-state index contributed by atoms with van der Waals surface area (Å²) in [5.74, 6) is 0.924. The van der Waals surface area contributed by atoms with Gasteiger partial charge in [-0.15, -0.1) is 0 Å². The SMILES string of the molecule is Cc1cc(Br)cc(CN)c1OCCN(C)C. The summed E-state index contributed by atoms with van der Waals surface area (Å²) in [6, 6.07) is 4.06. The second-order valence-corrected chi connectivity index (χ2v) is 4.98. The van der Waals surface area contributed by atoms with Crippen molar-refractivity contribution in [3.63, 3.8) is 0 Å². The molecule has 0 aromatic heterocycles. The van der Waals surface area contributed by atoms with Gasteiger partial charge in [0, 0.05) is 23.1 Å². The van der Waals surface area contributed by atoms with Crippen molar-refractivity contribution in [1.82, 2.24) is 4.90 Å². The molecule has 90 valence electrons. The van der Waals surface area contributed by atoms with Crippen LogP contribution in [0.15, 0.2) is 16.6 Å². The lowest BCUT2D eigenvalue weighted by atomic mass is 10.1. The van der Waals surface area contributed by atoms with Crippen LogP contribution in [-0.4, -0.2) is 32.1 Å². The molecule has 0 saturated carbocycles. The van der Waals surface area contributed by atoms with Gasteiger partial charge in [-0.3, -0.25) is 0 Å². The fourth-order valence-electron chi connectivity index (χ4n) is 1.49. The molecule has 0 bridgehead atoms. The molecule has 0 saturated heterocycles. The molecular weight excluding hydrogens is 268 g/mol. The largest absolute Gasteiger partial charge is 0.492 e. The van der Waals surface area contributed by atoms with Gasteiger partial charge in [0.05, 0.1) is 0 Å². The summed E-state index contributed by atoms with van der Waals surface area (Å²) in [5, 5.41) is 0. The number of likely N-dealkylation sites (N-methyl/N-ethyl adjacent to an activating group) is 1. The van der Waals surface area contributed by atoms with E-state index in [4.69, 9.17) is 10.5 Å². The third-order valence-corrected chi connectivity index (χ3v) is 2.78. The number of aryl methyl sites for hydroxylation is 1. The topological polar surface area (TPSA) is 38.5 Å². The predicted molar refractivity (Wildman–Crippen MR) is 70.8 cm³/mol. The van der Waals surface area contributed by atoms with Gasteiger partial charge in [-0.1, -0.05) is 15.9 Å².